The fraction of sp³-hybridized carbons (Fsp3) is 0.500. The van der Waals surface area contributed by atoms with Crippen LogP contribution < -0.4 is 0 Å². The molecule has 1 fully saturated rings. The number of hydrogen-bond acceptors (Lipinski definition) is 4. The van der Waals surface area contributed by atoms with Gasteiger partial charge in [-0.2, -0.15) is 4.31 Å². The lowest BCUT2D eigenvalue weighted by Crippen LogP contribution is -2.29. The monoisotopic (exact) mass is 311 g/mol. The number of thiophene rings is 1. The second kappa shape index (κ2) is 4.14. The van der Waals surface area contributed by atoms with Gasteiger partial charge in [-0.25, -0.2) is 8.42 Å². The van der Waals surface area contributed by atoms with Crippen molar-refractivity contribution in [1.29, 1.82) is 0 Å². The molecule has 7 heteroatoms. The van der Waals surface area contributed by atoms with Crippen molar-refractivity contribution in [3.8, 4) is 0 Å². The van der Waals surface area contributed by atoms with E-state index in [0.717, 1.165) is 0 Å². The second-order valence-electron chi connectivity index (χ2n) is 3.36. The van der Waals surface area contributed by atoms with E-state index in [2.05, 4.69) is 15.9 Å². The highest BCUT2D eigenvalue weighted by atomic mass is 79.9. The van der Waals surface area contributed by atoms with E-state index in [4.69, 9.17) is 0 Å². The van der Waals surface area contributed by atoms with Crippen LogP contribution in [0.15, 0.2) is 20.1 Å². The molecule has 0 amide bonds. The molecule has 0 spiro atoms. The molecule has 1 aromatic rings. The van der Waals surface area contributed by atoms with Crippen molar-refractivity contribution in [2.45, 2.75) is 16.7 Å². The van der Waals surface area contributed by atoms with Gasteiger partial charge in [-0.05, 0) is 33.8 Å². The summed E-state index contributed by atoms with van der Waals surface area (Å²) in [5.41, 5.74) is 0. The maximum Gasteiger partial charge on any atom is 0.253 e. The van der Waals surface area contributed by atoms with E-state index in [1.165, 1.54) is 15.6 Å². The molecule has 0 aromatic carbocycles. The van der Waals surface area contributed by atoms with Crippen LogP contribution in [0.25, 0.3) is 0 Å². The number of rotatable bonds is 2. The lowest BCUT2D eigenvalue weighted by atomic mass is 10.3. The molecule has 1 saturated heterocycles. The highest BCUT2D eigenvalue weighted by Crippen LogP contribution is 2.31. The molecule has 0 radical (unpaired) electrons. The zero-order valence-corrected chi connectivity index (χ0v) is 11.0. The molecule has 0 aliphatic carbocycles. The number of sulfonamides is 1. The van der Waals surface area contributed by atoms with Gasteiger partial charge in [-0.15, -0.1) is 11.3 Å². The Hall–Kier alpha value is 0.0500. The van der Waals surface area contributed by atoms with Gasteiger partial charge in [0.25, 0.3) is 10.0 Å². The van der Waals surface area contributed by atoms with Gasteiger partial charge >= 0.3 is 0 Å². The lowest BCUT2D eigenvalue weighted by Gasteiger charge is -2.14. The van der Waals surface area contributed by atoms with Crippen LogP contribution in [0.3, 0.4) is 0 Å². The summed E-state index contributed by atoms with van der Waals surface area (Å²) >= 11 is 4.39. The Morgan fingerprint density at radius 3 is 2.80 bits per heavy atom. The Morgan fingerprint density at radius 1 is 1.60 bits per heavy atom. The summed E-state index contributed by atoms with van der Waals surface area (Å²) in [6, 6.07) is 1.71. The predicted octanol–water partition coefficient (Wildman–Crippen LogP) is 1.27. The summed E-state index contributed by atoms with van der Waals surface area (Å²) in [7, 11) is -3.41. The Bertz CT molecular complexity index is 456. The van der Waals surface area contributed by atoms with Gasteiger partial charge in [-0.3, -0.25) is 0 Å². The minimum Gasteiger partial charge on any atom is -0.392 e. The first kappa shape index (κ1) is 11.5. The molecule has 15 heavy (non-hydrogen) atoms. The molecule has 1 aliphatic rings. The summed E-state index contributed by atoms with van der Waals surface area (Å²) in [5.74, 6) is 0. The molecule has 1 atom stereocenters. The van der Waals surface area contributed by atoms with Crippen LogP contribution >= 0.6 is 27.3 Å². The lowest BCUT2D eigenvalue weighted by molar-refractivity contribution is 0.189. The summed E-state index contributed by atoms with van der Waals surface area (Å²) in [6.45, 7) is 0.598. The van der Waals surface area contributed by atoms with Crippen molar-refractivity contribution >= 4 is 37.3 Å². The van der Waals surface area contributed by atoms with Crippen LogP contribution in [0.2, 0.25) is 0 Å². The maximum atomic E-state index is 12.1. The van der Waals surface area contributed by atoms with Gasteiger partial charge in [0.1, 0.15) is 4.21 Å². The van der Waals surface area contributed by atoms with Crippen LogP contribution in [0, 0.1) is 0 Å². The van der Waals surface area contributed by atoms with Gasteiger partial charge < -0.3 is 5.11 Å². The molecule has 0 bridgehead atoms. The van der Waals surface area contributed by atoms with Gasteiger partial charge in [-0.1, -0.05) is 0 Å². The Morgan fingerprint density at radius 2 is 2.33 bits per heavy atom. The molecule has 2 rings (SSSR count). The highest BCUT2D eigenvalue weighted by molar-refractivity contribution is 9.10. The first-order chi connectivity index (χ1) is 7.01. The van der Waals surface area contributed by atoms with Crippen molar-refractivity contribution < 1.29 is 13.5 Å². The van der Waals surface area contributed by atoms with E-state index in [1.807, 2.05) is 0 Å². The Labute approximate surface area is 101 Å². The summed E-state index contributed by atoms with van der Waals surface area (Å²) in [5, 5.41) is 11.0. The minimum absolute atomic E-state index is 0.201. The fourth-order valence-corrected chi connectivity index (χ4v) is 5.45. The van der Waals surface area contributed by atoms with E-state index in [-0.39, 0.29) is 6.54 Å². The molecule has 2 heterocycles. The normalized spacial score (nSPS) is 23.5. The topological polar surface area (TPSA) is 57.6 Å². The number of aliphatic hydroxyl groups is 1. The molecule has 84 valence electrons. The minimum atomic E-state index is -3.41. The van der Waals surface area contributed by atoms with E-state index in [9.17, 15) is 13.5 Å². The van der Waals surface area contributed by atoms with Gasteiger partial charge in [0.15, 0.2) is 0 Å². The molecule has 0 saturated carbocycles. The molecule has 1 unspecified atom stereocenters. The second-order valence-corrected chi connectivity index (χ2v) is 7.27. The standard InChI is InChI=1S/C8H10BrNO3S2/c9-7-2-4-14-8(7)15(12,13)10-3-1-6(11)5-10/h2,4,6,11H,1,3,5H2. The summed E-state index contributed by atoms with van der Waals surface area (Å²) in [6.07, 6.45) is -0.0131. The zero-order chi connectivity index (χ0) is 11.1. The average Bonchev–Trinajstić information content (AvgIpc) is 2.74. The van der Waals surface area contributed by atoms with E-state index in [1.54, 1.807) is 11.4 Å². The predicted molar refractivity (Wildman–Crippen MR) is 61.4 cm³/mol. The average molecular weight is 312 g/mol. The van der Waals surface area contributed by atoms with Crippen molar-refractivity contribution in [3.63, 3.8) is 0 Å². The Balaban J connectivity index is 2.32. The van der Waals surface area contributed by atoms with Gasteiger partial charge in [0.05, 0.1) is 6.10 Å². The van der Waals surface area contributed by atoms with E-state index in [0.29, 0.717) is 21.6 Å². The largest absolute Gasteiger partial charge is 0.392 e. The molecular weight excluding hydrogens is 302 g/mol. The van der Waals surface area contributed by atoms with Crippen molar-refractivity contribution in [3.05, 3.63) is 15.9 Å². The van der Waals surface area contributed by atoms with Crippen LogP contribution in [0.1, 0.15) is 6.42 Å². The molecule has 1 N–H and O–H groups in total. The third-order valence-corrected chi connectivity index (χ3v) is 6.80. The third-order valence-electron chi connectivity index (χ3n) is 2.28. The number of nitrogens with zero attached hydrogens (tertiary/aromatic N) is 1. The van der Waals surface area contributed by atoms with E-state index >= 15 is 0 Å². The smallest absolute Gasteiger partial charge is 0.253 e. The number of aliphatic hydroxyl groups excluding tert-OH is 1. The number of β-amino-alcohol motifs (C(OH)–C–C–N with tert-alkyl or cyclic N) is 1. The van der Waals surface area contributed by atoms with Crippen LogP contribution in [-0.4, -0.2) is 37.0 Å². The number of hydrogen-bond donors (Lipinski definition) is 1. The first-order valence-corrected chi connectivity index (χ1v) is 7.54. The summed E-state index contributed by atoms with van der Waals surface area (Å²) in [4.78, 5) is 0. The van der Waals surface area contributed by atoms with E-state index < -0.39 is 16.1 Å². The number of halogens is 1. The zero-order valence-electron chi connectivity index (χ0n) is 7.76. The third kappa shape index (κ3) is 2.12. The van der Waals surface area contributed by atoms with Gasteiger partial charge in [0, 0.05) is 17.6 Å². The maximum absolute atomic E-state index is 12.1. The van der Waals surface area contributed by atoms with Crippen molar-refractivity contribution in [2.24, 2.45) is 0 Å². The summed E-state index contributed by atoms with van der Waals surface area (Å²) < 4.78 is 26.3. The molecule has 1 aromatic heterocycles. The molecule has 1 aliphatic heterocycles. The molecule has 4 nitrogen and oxygen atoms in total. The Kier molecular flexibility index (Phi) is 3.18. The van der Waals surface area contributed by atoms with Crippen LogP contribution in [-0.2, 0) is 10.0 Å². The van der Waals surface area contributed by atoms with Crippen LogP contribution in [0.4, 0.5) is 0 Å². The molecular formula is C8H10BrNO3S2. The van der Waals surface area contributed by atoms with Crippen molar-refractivity contribution in [1.82, 2.24) is 4.31 Å². The quantitative estimate of drug-likeness (QED) is 0.894. The fourth-order valence-electron chi connectivity index (χ4n) is 1.51. The first-order valence-electron chi connectivity index (χ1n) is 4.43. The van der Waals surface area contributed by atoms with Crippen molar-refractivity contribution in [2.75, 3.05) is 13.1 Å². The van der Waals surface area contributed by atoms with Gasteiger partial charge in [0.2, 0.25) is 0 Å². The van der Waals surface area contributed by atoms with Crippen LogP contribution in [0.5, 0.6) is 0 Å². The highest BCUT2D eigenvalue weighted by Gasteiger charge is 2.33. The SMILES string of the molecule is O=S(=O)(c1sccc1Br)N1CCC(O)C1.